The molecule has 2 aromatic carbocycles. The molecule has 2 rings (SSSR count). The smallest absolute Gasteiger partial charge is 0.188 e. The van der Waals surface area contributed by atoms with E-state index in [1.165, 1.54) is 29.5 Å². The van der Waals surface area contributed by atoms with Crippen LogP contribution in [0.15, 0.2) is 30.3 Å². The van der Waals surface area contributed by atoms with Gasteiger partial charge in [-0.1, -0.05) is 113 Å². The molecule has 0 N–H and O–H groups in total. The van der Waals surface area contributed by atoms with Gasteiger partial charge >= 0.3 is 0 Å². The first-order valence-corrected chi connectivity index (χ1v) is 14.9. The van der Waals surface area contributed by atoms with Crippen molar-refractivity contribution >= 4 is 19.7 Å². The SMILES string of the molecule is CCCCCC(CC)(Pc1ccc(C)cc1C(C)=O)c1cc(C(C)(C)C)cc(C(C)(C)C)c1OCOC. The Kier molecular flexibility index (Phi) is 11.0. The van der Waals surface area contributed by atoms with Crippen LogP contribution in [-0.2, 0) is 20.7 Å². The fourth-order valence-electron chi connectivity index (χ4n) is 4.96. The molecule has 0 heterocycles. The van der Waals surface area contributed by atoms with E-state index < -0.39 is 0 Å². The Bertz CT molecular complexity index is 1060. The average Bonchev–Trinajstić information content (AvgIpc) is 2.81. The topological polar surface area (TPSA) is 35.5 Å². The van der Waals surface area contributed by atoms with Crippen molar-refractivity contribution in [3.05, 3.63) is 58.1 Å². The van der Waals surface area contributed by atoms with Gasteiger partial charge < -0.3 is 9.47 Å². The number of Topliss-reactive ketones (excluding diaryl/α,β-unsaturated/α-hetero) is 1. The number of carbonyl (C=O) groups is 1. The number of rotatable bonds is 12. The van der Waals surface area contributed by atoms with Gasteiger partial charge in [-0.3, -0.25) is 4.79 Å². The maximum atomic E-state index is 12.7. The zero-order valence-electron chi connectivity index (χ0n) is 25.4. The summed E-state index contributed by atoms with van der Waals surface area (Å²) in [7, 11) is 2.14. The second-order valence-electron chi connectivity index (χ2n) is 12.6. The van der Waals surface area contributed by atoms with Gasteiger partial charge in [0.1, 0.15) is 5.75 Å². The lowest BCUT2D eigenvalue weighted by atomic mass is 9.76. The van der Waals surface area contributed by atoms with Crippen LogP contribution in [0.2, 0.25) is 0 Å². The van der Waals surface area contributed by atoms with Gasteiger partial charge in [-0.25, -0.2) is 0 Å². The lowest BCUT2D eigenvalue weighted by Gasteiger charge is -2.39. The van der Waals surface area contributed by atoms with E-state index in [4.69, 9.17) is 9.47 Å². The summed E-state index contributed by atoms with van der Waals surface area (Å²) in [6.45, 7) is 22.2. The van der Waals surface area contributed by atoms with E-state index in [1.807, 2.05) is 0 Å². The van der Waals surface area contributed by atoms with E-state index in [2.05, 4.69) is 92.6 Å². The fraction of sp³-hybridized carbons (Fsp3) is 0.606. The minimum Gasteiger partial charge on any atom is -0.467 e. The number of methoxy groups -OCH3 is 1. The number of carbonyl (C=O) groups excluding carboxylic acids is 1. The van der Waals surface area contributed by atoms with Crippen LogP contribution in [0.3, 0.4) is 0 Å². The molecule has 2 unspecified atom stereocenters. The second kappa shape index (κ2) is 12.9. The Morgan fingerprint density at radius 3 is 2.08 bits per heavy atom. The molecule has 0 radical (unpaired) electrons. The summed E-state index contributed by atoms with van der Waals surface area (Å²) in [4.78, 5) is 12.7. The summed E-state index contributed by atoms with van der Waals surface area (Å²) in [5.41, 5.74) is 5.70. The molecule has 0 spiro atoms. The van der Waals surface area contributed by atoms with E-state index >= 15 is 0 Å². The molecule has 37 heavy (non-hydrogen) atoms. The van der Waals surface area contributed by atoms with Crippen molar-refractivity contribution in [2.75, 3.05) is 13.9 Å². The Morgan fingerprint density at radius 1 is 0.919 bits per heavy atom. The molecule has 0 aliphatic heterocycles. The Labute approximate surface area is 228 Å². The summed E-state index contributed by atoms with van der Waals surface area (Å²) in [6.07, 6.45) is 5.54. The van der Waals surface area contributed by atoms with E-state index in [-0.39, 0.29) is 28.6 Å². The van der Waals surface area contributed by atoms with E-state index in [0.717, 1.165) is 41.4 Å². The largest absolute Gasteiger partial charge is 0.467 e. The minimum absolute atomic E-state index is 0.00501. The lowest BCUT2D eigenvalue weighted by molar-refractivity contribution is 0.0485. The van der Waals surface area contributed by atoms with Gasteiger partial charge in [-0.05, 0) is 54.5 Å². The number of hydrogen-bond acceptors (Lipinski definition) is 3. The molecule has 0 amide bonds. The van der Waals surface area contributed by atoms with Gasteiger partial charge in [0.05, 0.1) is 0 Å². The maximum absolute atomic E-state index is 12.7. The molecule has 2 atom stereocenters. The number of unbranched alkanes of at least 4 members (excludes halogenated alkanes) is 2. The van der Waals surface area contributed by atoms with Crippen molar-refractivity contribution in [1.82, 2.24) is 0 Å². The molecule has 3 nitrogen and oxygen atoms in total. The van der Waals surface area contributed by atoms with Gasteiger partial charge in [-0.2, -0.15) is 0 Å². The first kappa shape index (κ1) is 31.5. The summed E-state index contributed by atoms with van der Waals surface area (Å²) in [6, 6.07) is 11.1. The predicted octanol–water partition coefficient (Wildman–Crippen LogP) is 8.96. The van der Waals surface area contributed by atoms with E-state index in [1.54, 1.807) is 14.0 Å². The molecule has 0 saturated carbocycles. The fourth-order valence-corrected chi connectivity index (χ4v) is 6.82. The molecule has 206 valence electrons. The van der Waals surface area contributed by atoms with Crippen LogP contribution in [0.25, 0.3) is 0 Å². The van der Waals surface area contributed by atoms with Crippen LogP contribution in [0, 0.1) is 6.92 Å². The van der Waals surface area contributed by atoms with Crippen LogP contribution in [0.5, 0.6) is 5.75 Å². The summed E-state index contributed by atoms with van der Waals surface area (Å²) < 4.78 is 11.9. The highest BCUT2D eigenvalue weighted by Crippen LogP contribution is 2.54. The van der Waals surface area contributed by atoms with Gasteiger partial charge in [0.25, 0.3) is 0 Å². The van der Waals surface area contributed by atoms with Crippen LogP contribution in [0.1, 0.15) is 127 Å². The third kappa shape index (κ3) is 7.90. The van der Waals surface area contributed by atoms with Gasteiger partial charge in [0, 0.05) is 29.0 Å². The van der Waals surface area contributed by atoms with E-state index in [9.17, 15) is 4.79 Å². The van der Waals surface area contributed by atoms with Crippen LogP contribution in [-0.4, -0.2) is 19.7 Å². The molecular weight excluding hydrogens is 475 g/mol. The molecule has 2 aromatic rings. The van der Waals surface area contributed by atoms with Gasteiger partial charge in [-0.15, -0.1) is 0 Å². The van der Waals surface area contributed by atoms with Gasteiger partial charge in [0.15, 0.2) is 12.6 Å². The summed E-state index contributed by atoms with van der Waals surface area (Å²) in [5, 5.41) is 1.02. The van der Waals surface area contributed by atoms with Crippen LogP contribution in [0.4, 0.5) is 0 Å². The molecule has 0 bridgehead atoms. The van der Waals surface area contributed by atoms with Crippen molar-refractivity contribution in [1.29, 1.82) is 0 Å². The zero-order chi connectivity index (χ0) is 28.0. The molecular formula is C33H51O3P. The summed E-state index contributed by atoms with van der Waals surface area (Å²) in [5.74, 6) is 1.10. The third-order valence-electron chi connectivity index (χ3n) is 7.34. The summed E-state index contributed by atoms with van der Waals surface area (Å²) >= 11 is 0. The van der Waals surface area contributed by atoms with Crippen molar-refractivity contribution in [2.24, 2.45) is 0 Å². The molecule has 0 aromatic heterocycles. The number of ketones is 1. The normalized spacial score (nSPS) is 14.2. The molecule has 4 heteroatoms. The highest BCUT2D eigenvalue weighted by molar-refractivity contribution is 7.48. The van der Waals surface area contributed by atoms with Crippen molar-refractivity contribution in [2.45, 2.75) is 117 Å². The van der Waals surface area contributed by atoms with Gasteiger partial charge in [0.2, 0.25) is 0 Å². The minimum atomic E-state index is -0.140. The zero-order valence-corrected chi connectivity index (χ0v) is 26.4. The number of benzene rings is 2. The standard InChI is InChI=1S/C33H51O3P/c1-12-14-15-18-33(13-2,37-29-17-16-23(3)19-26(29)24(4)34)28-21-25(31(5,6)7)20-27(32(8,9)10)30(28)36-22-35-11/h16-17,19-21,37H,12-15,18,22H2,1-11H3. The Morgan fingerprint density at radius 2 is 1.57 bits per heavy atom. The van der Waals surface area contributed by atoms with Crippen molar-refractivity contribution < 1.29 is 14.3 Å². The molecule has 0 fully saturated rings. The van der Waals surface area contributed by atoms with Crippen molar-refractivity contribution in [3.8, 4) is 5.75 Å². The van der Waals surface area contributed by atoms with E-state index in [0.29, 0.717) is 8.58 Å². The lowest BCUT2D eigenvalue weighted by Crippen LogP contribution is -2.28. The second-order valence-corrected chi connectivity index (χ2v) is 14.3. The number of aryl methyl sites for hydroxylation is 1. The maximum Gasteiger partial charge on any atom is 0.188 e. The molecule has 0 aliphatic rings. The Balaban J connectivity index is 2.95. The Hall–Kier alpha value is -1.70. The van der Waals surface area contributed by atoms with Crippen LogP contribution < -0.4 is 10.0 Å². The predicted molar refractivity (Wildman–Crippen MR) is 162 cm³/mol. The number of hydrogen-bond donors (Lipinski definition) is 0. The first-order chi connectivity index (χ1) is 17.2. The highest BCUT2D eigenvalue weighted by Gasteiger charge is 2.38. The quantitative estimate of drug-likeness (QED) is 0.120. The first-order valence-electron chi connectivity index (χ1n) is 13.9. The van der Waals surface area contributed by atoms with Crippen LogP contribution >= 0.6 is 8.58 Å². The average molecular weight is 527 g/mol. The monoisotopic (exact) mass is 526 g/mol. The molecule has 0 aliphatic carbocycles. The van der Waals surface area contributed by atoms with Crippen molar-refractivity contribution in [3.63, 3.8) is 0 Å². The highest BCUT2D eigenvalue weighted by atomic mass is 31.1. The molecule has 0 saturated heterocycles. The third-order valence-corrected chi connectivity index (χ3v) is 9.40. The number of ether oxygens (including phenoxy) is 2.